The van der Waals surface area contributed by atoms with Crippen LogP contribution in [-0.2, 0) is 9.53 Å². The first kappa shape index (κ1) is 31.2. The van der Waals surface area contributed by atoms with Crippen LogP contribution < -0.4 is 15.0 Å². The van der Waals surface area contributed by atoms with E-state index < -0.39 is 12.4 Å². The molecule has 2 heterocycles. The molecule has 0 bridgehead atoms. The number of nitrogens with one attached hydrogen (secondary N) is 1. The van der Waals surface area contributed by atoms with E-state index in [0.717, 1.165) is 35.0 Å². The number of carbonyl (C=O) groups is 2. The lowest BCUT2D eigenvalue weighted by atomic mass is 10.0. The number of nitrogens with zero attached hydrogens (tertiary/aromatic N) is 6. The summed E-state index contributed by atoms with van der Waals surface area (Å²) in [6.07, 6.45) is -3.75. The van der Waals surface area contributed by atoms with Crippen molar-refractivity contribution in [3.05, 3.63) is 83.7 Å². The SMILES string of the molecule is COC(C)c1ccc(C)cc1N1C(=O)CSC1=NC(=O)Nc1ccc(-c2ncn(-c3ccc(OC(F)(F)F)cc3)n2)cc1C#N. The Balaban J connectivity index is 1.34. The average Bonchev–Trinajstić information content (AvgIpc) is 3.63. The number of anilines is 2. The minimum Gasteiger partial charge on any atom is -0.406 e. The van der Waals surface area contributed by atoms with Gasteiger partial charge in [0, 0.05) is 18.2 Å². The van der Waals surface area contributed by atoms with E-state index in [2.05, 4.69) is 25.1 Å². The van der Waals surface area contributed by atoms with Gasteiger partial charge in [-0.3, -0.25) is 9.69 Å². The van der Waals surface area contributed by atoms with E-state index in [4.69, 9.17) is 4.74 Å². The minimum absolute atomic E-state index is 0.101. The normalized spacial score (nSPS) is 14.8. The van der Waals surface area contributed by atoms with E-state index in [-0.39, 0.29) is 45.8 Å². The van der Waals surface area contributed by atoms with Crippen LogP contribution in [0.4, 0.5) is 29.3 Å². The molecule has 0 spiro atoms. The molecule has 1 aliphatic heterocycles. The number of hydrogen-bond donors (Lipinski definition) is 1. The molecule has 1 fully saturated rings. The van der Waals surface area contributed by atoms with Crippen LogP contribution in [0.15, 0.2) is 72.0 Å². The molecular formula is C30H24F3N7O4S. The zero-order valence-electron chi connectivity index (χ0n) is 24.0. The first-order chi connectivity index (χ1) is 21.5. The van der Waals surface area contributed by atoms with Gasteiger partial charge in [0.1, 0.15) is 18.1 Å². The maximum absolute atomic E-state index is 13.0. The predicted octanol–water partition coefficient (Wildman–Crippen LogP) is 6.39. The summed E-state index contributed by atoms with van der Waals surface area (Å²) in [6, 6.07) is 16.5. The molecule has 1 atom stereocenters. The monoisotopic (exact) mass is 635 g/mol. The number of nitriles is 1. The summed E-state index contributed by atoms with van der Waals surface area (Å²) >= 11 is 1.12. The molecule has 3 amide bonds. The lowest BCUT2D eigenvalue weighted by Crippen LogP contribution is -2.31. The Labute approximate surface area is 259 Å². The fourth-order valence-electron chi connectivity index (χ4n) is 4.43. The minimum atomic E-state index is -4.80. The van der Waals surface area contributed by atoms with E-state index in [1.165, 1.54) is 40.2 Å². The Morgan fingerprint density at radius 2 is 1.91 bits per heavy atom. The number of thioether (sulfide) groups is 1. The Hall–Kier alpha value is -5.20. The number of methoxy groups -OCH3 is 1. The maximum Gasteiger partial charge on any atom is 0.573 e. The molecule has 230 valence electrons. The standard InChI is InChI=1S/C30H24F3N7O4S/c1-17-4-10-23(18(2)43-3)25(12-17)40-26(41)15-45-29(40)37-28(42)36-24-11-5-19(13-20(24)14-34)27-35-16-39(38-27)21-6-8-22(9-7-21)44-30(31,32)33/h4-13,16,18H,15H2,1-3H3,(H,36,42). The van der Waals surface area contributed by atoms with Crippen molar-refractivity contribution in [1.82, 2.24) is 14.8 Å². The largest absolute Gasteiger partial charge is 0.573 e. The van der Waals surface area contributed by atoms with Crippen LogP contribution in [0.3, 0.4) is 0 Å². The molecule has 15 heteroatoms. The van der Waals surface area contributed by atoms with Crippen LogP contribution in [-0.4, -0.2) is 51.1 Å². The van der Waals surface area contributed by atoms with Crippen molar-refractivity contribution in [3.63, 3.8) is 0 Å². The summed E-state index contributed by atoms with van der Waals surface area (Å²) < 4.78 is 48.0. The number of alkyl halides is 3. The topological polar surface area (TPSA) is 135 Å². The third-order valence-electron chi connectivity index (χ3n) is 6.65. The molecule has 1 N–H and O–H groups in total. The number of amides is 3. The van der Waals surface area contributed by atoms with E-state index in [0.29, 0.717) is 16.9 Å². The highest BCUT2D eigenvalue weighted by atomic mass is 32.2. The number of aliphatic imine (C=N–C) groups is 1. The zero-order valence-corrected chi connectivity index (χ0v) is 24.8. The third-order valence-corrected chi connectivity index (χ3v) is 7.57. The van der Waals surface area contributed by atoms with Crippen LogP contribution in [0.2, 0.25) is 0 Å². The van der Waals surface area contributed by atoms with Gasteiger partial charge in [-0.05, 0) is 67.9 Å². The molecule has 1 aliphatic rings. The molecule has 4 aromatic rings. The van der Waals surface area contributed by atoms with Crippen molar-refractivity contribution in [2.45, 2.75) is 26.3 Å². The van der Waals surface area contributed by atoms with Crippen LogP contribution >= 0.6 is 11.8 Å². The highest BCUT2D eigenvalue weighted by Crippen LogP contribution is 2.35. The zero-order chi connectivity index (χ0) is 32.3. The number of amidine groups is 1. The van der Waals surface area contributed by atoms with Gasteiger partial charge in [-0.1, -0.05) is 23.9 Å². The summed E-state index contributed by atoms with van der Waals surface area (Å²) in [6.45, 7) is 3.75. The van der Waals surface area contributed by atoms with Gasteiger partial charge in [-0.15, -0.1) is 18.3 Å². The number of ether oxygens (including phenoxy) is 2. The Bertz CT molecular complexity index is 1830. The summed E-state index contributed by atoms with van der Waals surface area (Å²) in [4.78, 5) is 35.6. The fourth-order valence-corrected chi connectivity index (χ4v) is 5.29. The number of aromatic nitrogens is 3. The third kappa shape index (κ3) is 7.14. The number of rotatable bonds is 7. The molecule has 0 saturated carbocycles. The van der Waals surface area contributed by atoms with Crippen molar-refractivity contribution in [2.75, 3.05) is 23.1 Å². The lowest BCUT2D eigenvalue weighted by Gasteiger charge is -2.23. The van der Waals surface area contributed by atoms with E-state index in [1.54, 1.807) is 13.2 Å². The number of aryl methyl sites for hydroxylation is 1. The van der Waals surface area contributed by atoms with Gasteiger partial charge >= 0.3 is 12.4 Å². The molecule has 45 heavy (non-hydrogen) atoms. The van der Waals surface area contributed by atoms with E-state index in [1.807, 2.05) is 38.1 Å². The van der Waals surface area contributed by atoms with Crippen LogP contribution in [0, 0.1) is 18.3 Å². The molecule has 1 unspecified atom stereocenters. The second-order valence-electron chi connectivity index (χ2n) is 9.71. The van der Waals surface area contributed by atoms with Crippen molar-refractivity contribution in [1.29, 1.82) is 5.26 Å². The summed E-state index contributed by atoms with van der Waals surface area (Å²) in [7, 11) is 1.57. The van der Waals surface area contributed by atoms with Gasteiger partial charge in [0.2, 0.25) is 5.91 Å². The molecule has 0 radical (unpaired) electrons. The number of halogens is 3. The molecule has 1 aromatic heterocycles. The Morgan fingerprint density at radius 3 is 2.60 bits per heavy atom. The molecule has 11 nitrogen and oxygen atoms in total. The fraction of sp³-hybridized carbons (Fsp3) is 0.200. The molecule has 0 aliphatic carbocycles. The van der Waals surface area contributed by atoms with Crippen molar-refractivity contribution < 1.29 is 32.2 Å². The van der Waals surface area contributed by atoms with Gasteiger partial charge in [0.25, 0.3) is 0 Å². The predicted molar refractivity (Wildman–Crippen MR) is 161 cm³/mol. The van der Waals surface area contributed by atoms with Gasteiger partial charge < -0.3 is 14.8 Å². The summed E-state index contributed by atoms with van der Waals surface area (Å²) in [5.41, 5.74) is 3.42. The first-order valence-electron chi connectivity index (χ1n) is 13.3. The highest BCUT2D eigenvalue weighted by Gasteiger charge is 2.33. The second-order valence-corrected chi connectivity index (χ2v) is 10.7. The van der Waals surface area contributed by atoms with Crippen LogP contribution in [0.1, 0.15) is 29.7 Å². The van der Waals surface area contributed by atoms with Gasteiger partial charge in [-0.25, -0.2) is 14.5 Å². The Morgan fingerprint density at radius 1 is 1.16 bits per heavy atom. The quantitative estimate of drug-likeness (QED) is 0.247. The number of urea groups is 1. The Kier molecular flexibility index (Phi) is 8.89. The van der Waals surface area contributed by atoms with E-state index in [9.17, 15) is 28.0 Å². The highest BCUT2D eigenvalue weighted by molar-refractivity contribution is 8.15. The van der Waals surface area contributed by atoms with Gasteiger partial charge in [-0.2, -0.15) is 10.3 Å². The summed E-state index contributed by atoms with van der Waals surface area (Å²) in [5, 5.41) is 16.9. The molecular weight excluding hydrogens is 611 g/mol. The molecule has 5 rings (SSSR count). The van der Waals surface area contributed by atoms with Crippen LogP contribution in [0.25, 0.3) is 17.1 Å². The number of carbonyl (C=O) groups excluding carboxylic acids is 2. The van der Waals surface area contributed by atoms with Crippen molar-refractivity contribution in [3.8, 4) is 28.9 Å². The number of benzene rings is 3. The van der Waals surface area contributed by atoms with Gasteiger partial charge in [0.05, 0.1) is 34.5 Å². The smallest absolute Gasteiger partial charge is 0.406 e. The lowest BCUT2D eigenvalue weighted by molar-refractivity contribution is -0.274. The maximum atomic E-state index is 13.0. The molecule has 1 saturated heterocycles. The summed E-state index contributed by atoms with van der Waals surface area (Å²) in [5.74, 6) is -0.277. The second kappa shape index (κ2) is 12.8. The average molecular weight is 636 g/mol. The molecule has 3 aromatic carbocycles. The van der Waals surface area contributed by atoms with Crippen LogP contribution in [0.5, 0.6) is 5.75 Å². The number of hydrogen-bond acceptors (Lipinski definition) is 8. The van der Waals surface area contributed by atoms with Crippen molar-refractivity contribution in [2.24, 2.45) is 4.99 Å². The van der Waals surface area contributed by atoms with Gasteiger partial charge in [0.15, 0.2) is 11.0 Å². The van der Waals surface area contributed by atoms with Crippen molar-refractivity contribution >= 4 is 40.2 Å². The first-order valence-corrected chi connectivity index (χ1v) is 14.3. The van der Waals surface area contributed by atoms with E-state index >= 15 is 0 Å².